The molecule has 0 fully saturated rings. The summed E-state index contributed by atoms with van der Waals surface area (Å²) in [4.78, 5) is 23.4. The Bertz CT molecular complexity index is 1100. The number of nitrogens with one attached hydrogen (secondary N) is 4. The zero-order valence-corrected chi connectivity index (χ0v) is 17.1. The highest BCUT2D eigenvalue weighted by molar-refractivity contribution is 7.89. The number of hydrogen-bond donors (Lipinski definition) is 4. The van der Waals surface area contributed by atoms with E-state index in [4.69, 9.17) is 0 Å². The van der Waals surface area contributed by atoms with Crippen LogP contribution in [0.2, 0.25) is 0 Å². The number of halogens is 4. The average molecular weight is 462 g/mol. The van der Waals surface area contributed by atoms with E-state index in [0.29, 0.717) is 0 Å². The highest BCUT2D eigenvalue weighted by atomic mass is 32.2. The van der Waals surface area contributed by atoms with Gasteiger partial charge in [0.15, 0.2) is 23.3 Å². The monoisotopic (exact) mass is 462 g/mol. The fourth-order valence-electron chi connectivity index (χ4n) is 2.23. The second-order valence-electron chi connectivity index (χ2n) is 6.36. The molecule has 0 unspecified atom stereocenters. The molecule has 168 valence electrons. The maximum absolute atomic E-state index is 13.5. The zero-order valence-electron chi connectivity index (χ0n) is 16.3. The highest BCUT2D eigenvalue weighted by Crippen LogP contribution is 2.23. The number of aryl methyl sites for hydroxylation is 2. The largest absolute Gasteiger partial charge is 0.346 e. The first-order chi connectivity index (χ1) is 14.4. The Kier molecular flexibility index (Phi) is 7.57. The Morgan fingerprint density at radius 2 is 1.48 bits per heavy atom. The average Bonchev–Trinajstić information content (AvgIpc) is 2.71. The fraction of sp³-hybridized carbons (Fsp3) is 0.222. The molecule has 2 amide bonds. The number of hydrazine groups is 1. The molecule has 0 heterocycles. The van der Waals surface area contributed by atoms with Gasteiger partial charge in [-0.3, -0.25) is 20.4 Å². The van der Waals surface area contributed by atoms with E-state index >= 15 is 0 Å². The number of carbonyl (C=O) groups is 2. The Labute approximate surface area is 175 Å². The number of amides is 2. The molecule has 0 aliphatic carbocycles. The first-order valence-corrected chi connectivity index (χ1v) is 10.1. The van der Waals surface area contributed by atoms with Crippen molar-refractivity contribution in [2.45, 2.75) is 18.7 Å². The number of benzene rings is 2. The summed E-state index contributed by atoms with van der Waals surface area (Å²) in [5.41, 5.74) is 3.79. The van der Waals surface area contributed by atoms with Crippen LogP contribution in [0.25, 0.3) is 0 Å². The number of anilines is 1. The molecule has 0 radical (unpaired) electrons. The van der Waals surface area contributed by atoms with E-state index in [1.165, 1.54) is 12.1 Å². The molecule has 0 bridgehead atoms. The van der Waals surface area contributed by atoms with Crippen LogP contribution >= 0.6 is 0 Å². The first kappa shape index (κ1) is 24.1. The minimum absolute atomic E-state index is 0.00311. The van der Waals surface area contributed by atoms with Crippen LogP contribution < -0.4 is 20.9 Å². The number of carbonyl (C=O) groups excluding carboxylic acids is 2. The zero-order chi connectivity index (χ0) is 23.3. The van der Waals surface area contributed by atoms with Crippen LogP contribution in [0.5, 0.6) is 0 Å². The molecule has 4 N–H and O–H groups in total. The van der Waals surface area contributed by atoms with Crippen LogP contribution in [0.15, 0.2) is 29.2 Å². The van der Waals surface area contributed by atoms with Crippen molar-refractivity contribution in [3.8, 4) is 0 Å². The Balaban J connectivity index is 1.85. The van der Waals surface area contributed by atoms with E-state index in [1.54, 1.807) is 30.8 Å². The second kappa shape index (κ2) is 9.75. The third kappa shape index (κ3) is 6.15. The van der Waals surface area contributed by atoms with Gasteiger partial charge in [-0.1, -0.05) is 6.07 Å². The summed E-state index contributed by atoms with van der Waals surface area (Å²) in [6, 6.07) is 4.41. The van der Waals surface area contributed by atoms with Crippen molar-refractivity contribution in [3.05, 3.63) is 58.7 Å². The Morgan fingerprint density at radius 3 is 2.06 bits per heavy atom. The van der Waals surface area contributed by atoms with Crippen molar-refractivity contribution >= 4 is 27.5 Å². The van der Waals surface area contributed by atoms with Crippen LogP contribution in [-0.2, 0) is 19.6 Å². The van der Waals surface area contributed by atoms with Crippen molar-refractivity contribution in [2.24, 2.45) is 0 Å². The number of hydrogen-bond acceptors (Lipinski definition) is 5. The van der Waals surface area contributed by atoms with Crippen molar-refractivity contribution in [2.75, 3.05) is 18.5 Å². The van der Waals surface area contributed by atoms with Crippen molar-refractivity contribution in [1.82, 2.24) is 15.5 Å². The van der Waals surface area contributed by atoms with Crippen molar-refractivity contribution < 1.29 is 35.6 Å². The molecule has 0 aliphatic heterocycles. The lowest BCUT2D eigenvalue weighted by Crippen LogP contribution is -2.43. The number of sulfonamides is 1. The van der Waals surface area contributed by atoms with E-state index in [9.17, 15) is 35.6 Å². The standard InChI is InChI=1S/C18H18F4N4O4S/c1-9-3-4-11(5-10(9)2)31(29,30)24-8-14(27)23-7-15(28)25-26-18-16(21)12(19)6-13(20)17(18)22/h3-6,24,26H,7-8H2,1-2H3,(H,23,27)(H,25,28). The Morgan fingerprint density at radius 1 is 0.871 bits per heavy atom. The van der Waals surface area contributed by atoms with Crippen LogP contribution in [0.3, 0.4) is 0 Å². The van der Waals surface area contributed by atoms with Gasteiger partial charge in [-0.2, -0.15) is 0 Å². The van der Waals surface area contributed by atoms with E-state index in [1.807, 2.05) is 0 Å². The SMILES string of the molecule is Cc1ccc(S(=O)(=O)NCC(=O)NCC(=O)NNc2c(F)c(F)cc(F)c2F)cc1C. The molecule has 0 aliphatic rings. The molecule has 0 aromatic heterocycles. The minimum atomic E-state index is -3.98. The van der Waals surface area contributed by atoms with Gasteiger partial charge in [-0.25, -0.2) is 30.7 Å². The van der Waals surface area contributed by atoms with Crippen molar-refractivity contribution in [3.63, 3.8) is 0 Å². The molecule has 31 heavy (non-hydrogen) atoms. The predicted molar refractivity (Wildman–Crippen MR) is 102 cm³/mol. The summed E-state index contributed by atoms with van der Waals surface area (Å²) in [6.07, 6.45) is 0. The van der Waals surface area contributed by atoms with Crippen LogP contribution in [0, 0.1) is 37.1 Å². The predicted octanol–water partition coefficient (Wildman–Crippen LogP) is 1.40. The maximum atomic E-state index is 13.5. The highest BCUT2D eigenvalue weighted by Gasteiger charge is 2.20. The summed E-state index contributed by atoms with van der Waals surface area (Å²) >= 11 is 0. The Hall–Kier alpha value is -3.19. The molecule has 2 aromatic carbocycles. The van der Waals surface area contributed by atoms with Gasteiger partial charge in [0.25, 0.3) is 5.91 Å². The van der Waals surface area contributed by atoms with E-state index < -0.39 is 63.9 Å². The summed E-state index contributed by atoms with van der Waals surface area (Å²) in [7, 11) is -3.98. The van der Waals surface area contributed by atoms with Gasteiger partial charge in [-0.15, -0.1) is 0 Å². The van der Waals surface area contributed by atoms with Crippen LogP contribution in [-0.4, -0.2) is 33.3 Å². The lowest BCUT2D eigenvalue weighted by atomic mass is 10.1. The van der Waals surface area contributed by atoms with E-state index in [2.05, 4.69) is 10.0 Å². The molecule has 0 saturated carbocycles. The van der Waals surface area contributed by atoms with Gasteiger partial charge in [-0.05, 0) is 37.1 Å². The van der Waals surface area contributed by atoms with Gasteiger partial charge >= 0.3 is 0 Å². The summed E-state index contributed by atoms with van der Waals surface area (Å²) in [5, 5.41) is 2.06. The lowest BCUT2D eigenvalue weighted by Gasteiger charge is -2.12. The van der Waals surface area contributed by atoms with E-state index in [0.717, 1.165) is 11.1 Å². The smallest absolute Gasteiger partial charge is 0.257 e. The lowest BCUT2D eigenvalue weighted by molar-refractivity contribution is -0.125. The quantitative estimate of drug-likeness (QED) is 0.269. The van der Waals surface area contributed by atoms with E-state index in [-0.39, 0.29) is 11.0 Å². The maximum Gasteiger partial charge on any atom is 0.257 e. The molecule has 0 saturated heterocycles. The van der Waals surface area contributed by atoms with Gasteiger partial charge < -0.3 is 5.32 Å². The molecular formula is C18H18F4N4O4S. The normalized spacial score (nSPS) is 11.2. The molecular weight excluding hydrogens is 444 g/mol. The first-order valence-electron chi connectivity index (χ1n) is 8.64. The third-order valence-corrected chi connectivity index (χ3v) is 5.50. The minimum Gasteiger partial charge on any atom is -0.346 e. The van der Waals surface area contributed by atoms with Gasteiger partial charge in [0.2, 0.25) is 15.9 Å². The molecule has 2 aromatic rings. The molecule has 0 atom stereocenters. The third-order valence-electron chi connectivity index (χ3n) is 4.10. The van der Waals surface area contributed by atoms with Crippen LogP contribution in [0.4, 0.5) is 23.2 Å². The van der Waals surface area contributed by atoms with Crippen LogP contribution in [0.1, 0.15) is 11.1 Å². The molecule has 0 spiro atoms. The van der Waals surface area contributed by atoms with Gasteiger partial charge in [0, 0.05) is 6.07 Å². The second-order valence-corrected chi connectivity index (χ2v) is 8.13. The fourth-order valence-corrected chi connectivity index (χ4v) is 3.29. The van der Waals surface area contributed by atoms with Gasteiger partial charge in [0.1, 0.15) is 5.69 Å². The topological polar surface area (TPSA) is 116 Å². The molecule has 2 rings (SSSR count). The summed E-state index contributed by atoms with van der Waals surface area (Å²) in [6.45, 7) is 2.12. The van der Waals surface area contributed by atoms with Gasteiger partial charge in [0.05, 0.1) is 18.0 Å². The molecule has 8 nitrogen and oxygen atoms in total. The molecule has 13 heteroatoms. The summed E-state index contributed by atoms with van der Waals surface area (Å²) < 4.78 is 79.6. The van der Waals surface area contributed by atoms with Crippen molar-refractivity contribution in [1.29, 1.82) is 0 Å². The summed E-state index contributed by atoms with van der Waals surface area (Å²) in [5.74, 6) is -8.79. The number of rotatable bonds is 8.